The normalized spacial score (nSPS) is 16.1. The highest BCUT2D eigenvalue weighted by Gasteiger charge is 2.13. The summed E-state index contributed by atoms with van der Waals surface area (Å²) >= 11 is 3.51. The lowest BCUT2D eigenvalue weighted by Gasteiger charge is -2.21. The molecule has 0 atom stereocenters. The molecule has 2 N–H and O–H groups in total. The van der Waals surface area contributed by atoms with E-state index in [1.165, 1.54) is 38.5 Å². The minimum Gasteiger partial charge on any atom is -0.369 e. The van der Waals surface area contributed by atoms with Crippen LogP contribution in [0.15, 0.2) is 10.7 Å². The van der Waals surface area contributed by atoms with Crippen molar-refractivity contribution in [2.24, 2.45) is 5.92 Å². The number of rotatable bonds is 7. The van der Waals surface area contributed by atoms with Crippen molar-refractivity contribution in [1.29, 1.82) is 0 Å². The molecule has 1 aromatic rings. The number of anilines is 2. The van der Waals surface area contributed by atoms with Gasteiger partial charge in [-0.05, 0) is 34.7 Å². The fourth-order valence-corrected chi connectivity index (χ4v) is 3.01. The van der Waals surface area contributed by atoms with Crippen LogP contribution in [0.3, 0.4) is 0 Å². The summed E-state index contributed by atoms with van der Waals surface area (Å²) in [6.07, 6.45) is 11.2. The van der Waals surface area contributed by atoms with Crippen LogP contribution in [-0.2, 0) is 0 Å². The average molecular weight is 341 g/mol. The molecule has 1 aromatic heterocycles. The van der Waals surface area contributed by atoms with Crippen LogP contribution in [0, 0.1) is 5.92 Å². The largest absolute Gasteiger partial charge is 0.369 e. The number of nitrogens with one attached hydrogen (secondary N) is 2. The Labute approximate surface area is 130 Å². The molecule has 20 heavy (non-hydrogen) atoms. The molecule has 1 saturated carbocycles. The highest BCUT2D eigenvalue weighted by molar-refractivity contribution is 9.10. The second kappa shape index (κ2) is 8.45. The molecular formula is C15H25BrN4. The van der Waals surface area contributed by atoms with E-state index in [-0.39, 0.29) is 0 Å². The summed E-state index contributed by atoms with van der Waals surface area (Å²) in [5.41, 5.74) is 0. The Morgan fingerprint density at radius 3 is 2.75 bits per heavy atom. The lowest BCUT2D eigenvalue weighted by atomic mass is 9.87. The molecule has 4 nitrogen and oxygen atoms in total. The van der Waals surface area contributed by atoms with Gasteiger partial charge in [0.25, 0.3) is 0 Å². The standard InChI is InChI=1S/C15H25BrN4/c1-2-9-18-15-19-11-13(16)14(20-15)17-10-8-12-6-4-3-5-7-12/h11-12H,2-10H2,1H3,(H2,17,18,19,20). The van der Waals surface area contributed by atoms with E-state index in [2.05, 4.69) is 43.5 Å². The van der Waals surface area contributed by atoms with Gasteiger partial charge in [0.15, 0.2) is 0 Å². The summed E-state index contributed by atoms with van der Waals surface area (Å²) in [6.45, 7) is 4.03. The molecule has 0 spiro atoms. The van der Waals surface area contributed by atoms with E-state index in [1.807, 2.05) is 6.20 Å². The van der Waals surface area contributed by atoms with Crippen molar-refractivity contribution in [2.45, 2.75) is 51.9 Å². The van der Waals surface area contributed by atoms with Crippen LogP contribution < -0.4 is 10.6 Å². The van der Waals surface area contributed by atoms with Gasteiger partial charge in [-0.15, -0.1) is 0 Å². The zero-order chi connectivity index (χ0) is 14.2. The summed E-state index contributed by atoms with van der Waals surface area (Å²) < 4.78 is 0.934. The third-order valence-corrected chi connectivity index (χ3v) is 4.43. The third kappa shape index (κ3) is 4.93. The molecule has 0 aliphatic heterocycles. The quantitative estimate of drug-likeness (QED) is 0.770. The van der Waals surface area contributed by atoms with E-state index in [9.17, 15) is 0 Å². The molecular weight excluding hydrogens is 316 g/mol. The lowest BCUT2D eigenvalue weighted by molar-refractivity contribution is 0.345. The Morgan fingerprint density at radius 2 is 2.00 bits per heavy atom. The van der Waals surface area contributed by atoms with Gasteiger partial charge in [-0.2, -0.15) is 4.98 Å². The molecule has 1 aliphatic carbocycles. The van der Waals surface area contributed by atoms with Crippen molar-refractivity contribution < 1.29 is 0 Å². The third-order valence-electron chi connectivity index (χ3n) is 3.85. The van der Waals surface area contributed by atoms with Gasteiger partial charge in [-0.25, -0.2) is 4.98 Å². The van der Waals surface area contributed by atoms with Gasteiger partial charge in [-0.3, -0.25) is 0 Å². The van der Waals surface area contributed by atoms with Crippen molar-refractivity contribution in [3.63, 3.8) is 0 Å². The number of hydrogen-bond acceptors (Lipinski definition) is 4. The Hall–Kier alpha value is -0.840. The lowest BCUT2D eigenvalue weighted by Crippen LogP contribution is -2.13. The topological polar surface area (TPSA) is 49.8 Å². The zero-order valence-electron chi connectivity index (χ0n) is 12.3. The van der Waals surface area contributed by atoms with Crippen molar-refractivity contribution in [3.8, 4) is 0 Å². The molecule has 0 amide bonds. The van der Waals surface area contributed by atoms with Crippen LogP contribution in [0.4, 0.5) is 11.8 Å². The summed E-state index contributed by atoms with van der Waals surface area (Å²) in [4.78, 5) is 8.78. The highest BCUT2D eigenvalue weighted by Crippen LogP contribution is 2.26. The molecule has 0 radical (unpaired) electrons. The zero-order valence-corrected chi connectivity index (χ0v) is 13.9. The fourth-order valence-electron chi connectivity index (χ4n) is 2.68. The van der Waals surface area contributed by atoms with Crippen LogP contribution in [0.5, 0.6) is 0 Å². The van der Waals surface area contributed by atoms with Crippen molar-refractivity contribution >= 4 is 27.7 Å². The molecule has 0 aromatic carbocycles. The molecule has 0 saturated heterocycles. The molecule has 1 heterocycles. The molecule has 0 bridgehead atoms. The van der Waals surface area contributed by atoms with Crippen LogP contribution in [0.25, 0.3) is 0 Å². The minimum absolute atomic E-state index is 0.704. The summed E-state index contributed by atoms with van der Waals surface area (Å²) in [5.74, 6) is 2.50. The predicted octanol–water partition coefficient (Wildman–Crippen LogP) is 4.44. The average Bonchev–Trinajstić information content (AvgIpc) is 2.49. The first-order valence-corrected chi connectivity index (χ1v) is 8.59. The summed E-state index contributed by atoms with van der Waals surface area (Å²) in [7, 11) is 0. The second-order valence-electron chi connectivity index (χ2n) is 5.54. The van der Waals surface area contributed by atoms with E-state index < -0.39 is 0 Å². The number of halogens is 1. The number of aromatic nitrogens is 2. The Balaban J connectivity index is 1.81. The van der Waals surface area contributed by atoms with Gasteiger partial charge in [0, 0.05) is 19.3 Å². The molecule has 112 valence electrons. The Kier molecular flexibility index (Phi) is 6.57. The SMILES string of the molecule is CCCNc1ncc(Br)c(NCCC2CCCCC2)n1. The van der Waals surface area contributed by atoms with E-state index in [0.717, 1.165) is 35.7 Å². The smallest absolute Gasteiger partial charge is 0.224 e. The van der Waals surface area contributed by atoms with Crippen LogP contribution in [-0.4, -0.2) is 23.1 Å². The monoisotopic (exact) mass is 340 g/mol. The van der Waals surface area contributed by atoms with Gasteiger partial charge in [0.05, 0.1) is 4.47 Å². The first-order valence-electron chi connectivity index (χ1n) is 7.80. The van der Waals surface area contributed by atoms with E-state index in [1.54, 1.807) is 0 Å². The molecule has 0 unspecified atom stereocenters. The van der Waals surface area contributed by atoms with Crippen LogP contribution >= 0.6 is 15.9 Å². The maximum atomic E-state index is 4.51. The van der Waals surface area contributed by atoms with E-state index in [4.69, 9.17) is 0 Å². The highest BCUT2D eigenvalue weighted by atomic mass is 79.9. The van der Waals surface area contributed by atoms with Gasteiger partial charge in [-0.1, -0.05) is 39.0 Å². The maximum absolute atomic E-state index is 4.51. The van der Waals surface area contributed by atoms with E-state index in [0.29, 0.717) is 5.95 Å². The number of nitrogens with zero attached hydrogens (tertiary/aromatic N) is 2. The van der Waals surface area contributed by atoms with Gasteiger partial charge < -0.3 is 10.6 Å². The number of hydrogen-bond donors (Lipinski definition) is 2. The first-order chi connectivity index (χ1) is 9.79. The minimum atomic E-state index is 0.704. The van der Waals surface area contributed by atoms with Gasteiger partial charge in [0.1, 0.15) is 5.82 Å². The maximum Gasteiger partial charge on any atom is 0.224 e. The summed E-state index contributed by atoms with van der Waals surface area (Å²) in [6, 6.07) is 0. The predicted molar refractivity (Wildman–Crippen MR) is 88.2 cm³/mol. The molecule has 2 rings (SSSR count). The van der Waals surface area contributed by atoms with Crippen molar-refractivity contribution in [2.75, 3.05) is 23.7 Å². The van der Waals surface area contributed by atoms with E-state index >= 15 is 0 Å². The summed E-state index contributed by atoms with van der Waals surface area (Å²) in [5, 5.41) is 6.66. The second-order valence-corrected chi connectivity index (χ2v) is 6.39. The molecule has 1 aliphatic rings. The molecule has 5 heteroatoms. The van der Waals surface area contributed by atoms with Crippen molar-refractivity contribution in [3.05, 3.63) is 10.7 Å². The van der Waals surface area contributed by atoms with Crippen LogP contribution in [0.2, 0.25) is 0 Å². The molecule has 1 fully saturated rings. The van der Waals surface area contributed by atoms with Crippen LogP contribution in [0.1, 0.15) is 51.9 Å². The Morgan fingerprint density at radius 1 is 1.20 bits per heavy atom. The van der Waals surface area contributed by atoms with Gasteiger partial charge >= 0.3 is 0 Å². The Bertz CT molecular complexity index is 405. The van der Waals surface area contributed by atoms with Gasteiger partial charge in [0.2, 0.25) is 5.95 Å². The fraction of sp³-hybridized carbons (Fsp3) is 0.733. The first kappa shape index (κ1) is 15.5. The van der Waals surface area contributed by atoms with Crippen molar-refractivity contribution in [1.82, 2.24) is 9.97 Å².